The molecule has 1 heterocycles. The summed E-state index contributed by atoms with van der Waals surface area (Å²) < 4.78 is 88.0. The number of hydrogen-bond acceptors (Lipinski definition) is 5. The topological polar surface area (TPSA) is 82.3 Å². The number of nitrogens with zero attached hydrogens (tertiary/aromatic N) is 1. The van der Waals surface area contributed by atoms with E-state index in [1.54, 1.807) is 0 Å². The molecule has 1 aromatic rings. The van der Waals surface area contributed by atoms with Gasteiger partial charge in [-0.05, 0) is 0 Å². The maximum absolute atomic E-state index is 12.9. The zero-order valence-electron chi connectivity index (χ0n) is 9.29. The Morgan fingerprint density at radius 3 is 2.30 bits per heavy atom. The highest BCUT2D eigenvalue weighted by molar-refractivity contribution is 8.13. The van der Waals surface area contributed by atoms with E-state index in [0.29, 0.717) is 6.20 Å². The lowest BCUT2D eigenvalue weighted by Crippen LogP contribution is -2.21. The van der Waals surface area contributed by atoms with Gasteiger partial charge in [0.15, 0.2) is 5.75 Å². The van der Waals surface area contributed by atoms with Crippen molar-refractivity contribution < 1.29 is 35.1 Å². The number of rotatable bonds is 4. The molecule has 1 rings (SSSR count). The van der Waals surface area contributed by atoms with Crippen molar-refractivity contribution in [3.63, 3.8) is 0 Å². The molecule has 12 heteroatoms. The average molecular weight is 341 g/mol. The summed E-state index contributed by atoms with van der Waals surface area (Å²) in [7, 11) is 0.137. The number of aromatic nitrogens is 1. The van der Waals surface area contributed by atoms with Crippen molar-refractivity contribution in [2.75, 3.05) is 0 Å². The summed E-state index contributed by atoms with van der Waals surface area (Å²) in [5.74, 6) is -1.46. The molecule has 0 bridgehead atoms. The molecule has 114 valence electrons. The average Bonchev–Trinajstić information content (AvgIpc) is 2.24. The molecule has 0 unspecified atom stereocenters. The first-order valence-electron chi connectivity index (χ1n) is 4.67. The molecular formula is C8H6ClF5N2O3S. The second-order valence-electron chi connectivity index (χ2n) is 3.30. The van der Waals surface area contributed by atoms with Crippen molar-refractivity contribution in [1.82, 2.24) is 4.98 Å². The Morgan fingerprint density at radius 2 is 1.95 bits per heavy atom. The van der Waals surface area contributed by atoms with Crippen molar-refractivity contribution in [3.05, 3.63) is 17.5 Å². The van der Waals surface area contributed by atoms with Crippen molar-refractivity contribution in [2.24, 2.45) is 5.73 Å². The Labute approximate surface area is 113 Å². The Kier molecular flexibility index (Phi) is 4.77. The molecule has 0 fully saturated rings. The predicted octanol–water partition coefficient (Wildman–Crippen LogP) is 2.30. The van der Waals surface area contributed by atoms with E-state index in [-0.39, 0.29) is 0 Å². The first-order chi connectivity index (χ1) is 8.97. The molecule has 20 heavy (non-hydrogen) atoms. The number of ether oxygens (including phenoxy) is 1. The third kappa shape index (κ3) is 3.90. The molecule has 0 aromatic carbocycles. The van der Waals surface area contributed by atoms with Gasteiger partial charge in [-0.1, -0.05) is 0 Å². The van der Waals surface area contributed by atoms with E-state index in [1.165, 1.54) is 0 Å². The molecule has 0 amide bonds. The Bertz CT molecular complexity index is 605. The summed E-state index contributed by atoms with van der Waals surface area (Å²) in [6.45, 7) is -0.673. The van der Waals surface area contributed by atoms with Crippen LogP contribution in [-0.2, 0) is 15.6 Å². The maximum atomic E-state index is 12.9. The SMILES string of the molecule is NCc1ncc(S(=O)(=O)Cl)c(C(F)F)c1OC(F)(F)F. The third-order valence-electron chi connectivity index (χ3n) is 2.00. The van der Waals surface area contributed by atoms with E-state index in [2.05, 4.69) is 9.72 Å². The Hall–Kier alpha value is -1.20. The lowest BCUT2D eigenvalue weighted by atomic mass is 10.2. The minimum Gasteiger partial charge on any atom is -0.403 e. The fraction of sp³-hybridized carbons (Fsp3) is 0.375. The quantitative estimate of drug-likeness (QED) is 0.672. The molecule has 1 aromatic heterocycles. The van der Waals surface area contributed by atoms with Crippen LogP contribution in [0, 0.1) is 0 Å². The standard InChI is InChI=1S/C8H6ClF5N2O3S/c9-20(17,18)4-2-16-3(1-15)6(5(4)7(10)11)19-8(12,13)14/h2,7H,1,15H2. The summed E-state index contributed by atoms with van der Waals surface area (Å²) in [5.41, 5.74) is 2.85. The number of alkyl halides is 5. The molecular weight excluding hydrogens is 335 g/mol. The van der Waals surface area contributed by atoms with Crippen LogP contribution in [0.15, 0.2) is 11.1 Å². The molecule has 5 nitrogen and oxygen atoms in total. The highest BCUT2D eigenvalue weighted by atomic mass is 35.7. The van der Waals surface area contributed by atoms with Gasteiger partial charge in [-0.15, -0.1) is 13.2 Å². The van der Waals surface area contributed by atoms with Crippen LogP contribution in [0.5, 0.6) is 5.75 Å². The normalized spacial score (nSPS) is 12.8. The largest absolute Gasteiger partial charge is 0.573 e. The van der Waals surface area contributed by atoms with E-state index < -0.39 is 50.3 Å². The fourth-order valence-corrected chi connectivity index (χ4v) is 2.30. The van der Waals surface area contributed by atoms with Gasteiger partial charge >= 0.3 is 6.36 Å². The van der Waals surface area contributed by atoms with Crippen LogP contribution in [-0.4, -0.2) is 19.8 Å². The molecule has 0 saturated carbocycles. The van der Waals surface area contributed by atoms with E-state index in [1.807, 2.05) is 0 Å². The van der Waals surface area contributed by atoms with Gasteiger partial charge in [-0.25, -0.2) is 17.2 Å². The van der Waals surface area contributed by atoms with E-state index >= 15 is 0 Å². The van der Waals surface area contributed by atoms with Crippen molar-refractivity contribution in [3.8, 4) is 5.75 Å². The van der Waals surface area contributed by atoms with Gasteiger partial charge in [0.25, 0.3) is 15.5 Å². The van der Waals surface area contributed by atoms with E-state index in [0.717, 1.165) is 0 Å². The fourth-order valence-electron chi connectivity index (χ4n) is 1.31. The number of nitrogens with two attached hydrogens (primary N) is 1. The van der Waals surface area contributed by atoms with Gasteiger partial charge in [-0.3, -0.25) is 4.98 Å². The summed E-state index contributed by atoms with van der Waals surface area (Å²) in [4.78, 5) is 1.97. The van der Waals surface area contributed by atoms with E-state index in [9.17, 15) is 30.4 Å². The summed E-state index contributed by atoms with van der Waals surface area (Å²) in [6.07, 6.45) is -8.52. The Morgan fingerprint density at radius 1 is 1.40 bits per heavy atom. The highest BCUT2D eigenvalue weighted by Gasteiger charge is 2.37. The zero-order valence-corrected chi connectivity index (χ0v) is 10.9. The third-order valence-corrected chi connectivity index (χ3v) is 3.35. The number of halogens is 6. The molecule has 0 spiro atoms. The number of hydrogen-bond donors (Lipinski definition) is 1. The molecule has 0 aliphatic carbocycles. The van der Waals surface area contributed by atoms with Crippen molar-refractivity contribution in [1.29, 1.82) is 0 Å². The molecule has 0 saturated heterocycles. The van der Waals surface area contributed by atoms with Crippen LogP contribution in [0.4, 0.5) is 22.0 Å². The van der Waals surface area contributed by atoms with Crippen LogP contribution >= 0.6 is 10.7 Å². The van der Waals surface area contributed by atoms with Gasteiger partial charge in [0.1, 0.15) is 4.90 Å². The van der Waals surface area contributed by atoms with Crippen molar-refractivity contribution >= 4 is 19.7 Å². The van der Waals surface area contributed by atoms with Crippen molar-refractivity contribution in [2.45, 2.75) is 24.2 Å². The van der Waals surface area contributed by atoms with Gasteiger partial charge in [0.2, 0.25) is 0 Å². The molecule has 0 aliphatic rings. The molecule has 0 radical (unpaired) electrons. The molecule has 2 N–H and O–H groups in total. The minimum atomic E-state index is -5.33. The van der Waals surface area contributed by atoms with Crippen LogP contribution < -0.4 is 10.5 Å². The first kappa shape index (κ1) is 16.9. The maximum Gasteiger partial charge on any atom is 0.573 e. The molecule has 0 aliphatic heterocycles. The summed E-state index contributed by atoms with van der Waals surface area (Å²) in [5, 5.41) is 0. The first-order valence-corrected chi connectivity index (χ1v) is 6.98. The van der Waals surface area contributed by atoms with Crippen LogP contribution in [0.3, 0.4) is 0 Å². The predicted molar refractivity (Wildman–Crippen MR) is 56.8 cm³/mol. The second-order valence-corrected chi connectivity index (χ2v) is 5.84. The van der Waals surface area contributed by atoms with E-state index in [4.69, 9.17) is 16.4 Å². The highest BCUT2D eigenvalue weighted by Crippen LogP contribution is 2.39. The van der Waals surface area contributed by atoms with Gasteiger partial charge in [0.05, 0.1) is 11.3 Å². The van der Waals surface area contributed by atoms with Crippen LogP contribution in [0.2, 0.25) is 0 Å². The second kappa shape index (κ2) is 5.66. The minimum absolute atomic E-state index is 0.398. The monoisotopic (exact) mass is 340 g/mol. The summed E-state index contributed by atoms with van der Waals surface area (Å²) >= 11 is 0. The molecule has 0 atom stereocenters. The Balaban J connectivity index is 3.67. The van der Waals surface area contributed by atoms with Crippen LogP contribution in [0.1, 0.15) is 17.7 Å². The zero-order chi connectivity index (χ0) is 15.7. The lowest BCUT2D eigenvalue weighted by molar-refractivity contribution is -0.275. The smallest absolute Gasteiger partial charge is 0.403 e. The number of pyridine rings is 1. The van der Waals surface area contributed by atoms with Gasteiger partial charge in [0, 0.05) is 23.4 Å². The van der Waals surface area contributed by atoms with Crippen LogP contribution in [0.25, 0.3) is 0 Å². The van der Waals surface area contributed by atoms with Gasteiger partial charge in [-0.2, -0.15) is 0 Å². The van der Waals surface area contributed by atoms with Gasteiger partial charge < -0.3 is 10.5 Å². The lowest BCUT2D eigenvalue weighted by Gasteiger charge is -2.17. The summed E-state index contributed by atoms with van der Waals surface area (Å²) in [6, 6.07) is 0.